The third kappa shape index (κ3) is 4.42. The van der Waals surface area contributed by atoms with Crippen LogP contribution >= 0.6 is 0 Å². The van der Waals surface area contributed by atoms with Crippen LogP contribution in [0.25, 0.3) is 0 Å². The highest BCUT2D eigenvalue weighted by molar-refractivity contribution is 7.92. The van der Waals surface area contributed by atoms with E-state index < -0.39 is 32.4 Å². The molecule has 0 bridgehead atoms. The molecule has 0 spiro atoms. The highest BCUT2D eigenvalue weighted by atomic mass is 32.2. The first-order chi connectivity index (χ1) is 12.3. The Balaban J connectivity index is 2.19. The maximum absolute atomic E-state index is 12.8. The summed E-state index contributed by atoms with van der Waals surface area (Å²) < 4.78 is 28.3. The molecular weight excluding hydrogens is 356 g/mol. The number of rotatable bonds is 7. The Morgan fingerprint density at radius 2 is 1.85 bits per heavy atom. The first kappa shape index (κ1) is 20.4. The standard InChI is InChI=1S/C18H26N2O5S/c1-3-25-16(21)15(14-7-5-4-6-8-14)13-20-17(22)18(26(2,23)24)9-11-19-12-10-18/h4-8,15,19H,3,9-13H2,1-2H3,(H,20,22). The van der Waals surface area contributed by atoms with Crippen molar-refractivity contribution in [3.8, 4) is 0 Å². The van der Waals surface area contributed by atoms with Crippen LogP contribution in [0.4, 0.5) is 0 Å². The lowest BCUT2D eigenvalue weighted by Crippen LogP contribution is -2.57. The molecule has 1 aliphatic rings. The van der Waals surface area contributed by atoms with Gasteiger partial charge in [-0.1, -0.05) is 30.3 Å². The Morgan fingerprint density at radius 1 is 1.23 bits per heavy atom. The molecule has 2 rings (SSSR count). The van der Waals surface area contributed by atoms with Crippen LogP contribution in [-0.4, -0.2) is 57.5 Å². The van der Waals surface area contributed by atoms with Crippen molar-refractivity contribution in [2.45, 2.75) is 30.4 Å². The van der Waals surface area contributed by atoms with Crippen molar-refractivity contribution >= 4 is 21.7 Å². The van der Waals surface area contributed by atoms with Crippen molar-refractivity contribution < 1.29 is 22.7 Å². The number of piperidine rings is 1. The predicted molar refractivity (Wildman–Crippen MR) is 98.5 cm³/mol. The van der Waals surface area contributed by atoms with E-state index in [1.54, 1.807) is 31.2 Å². The van der Waals surface area contributed by atoms with E-state index in [2.05, 4.69) is 10.6 Å². The number of benzene rings is 1. The topological polar surface area (TPSA) is 102 Å². The molecule has 1 saturated heterocycles. The highest BCUT2D eigenvalue weighted by Crippen LogP contribution is 2.28. The minimum absolute atomic E-state index is 0.00756. The molecule has 1 aromatic carbocycles. The molecule has 1 aromatic rings. The molecule has 1 aliphatic heterocycles. The summed E-state index contributed by atoms with van der Waals surface area (Å²) >= 11 is 0. The average Bonchev–Trinajstić information content (AvgIpc) is 2.62. The maximum Gasteiger partial charge on any atom is 0.315 e. The van der Waals surface area contributed by atoms with Gasteiger partial charge in [-0.3, -0.25) is 9.59 Å². The van der Waals surface area contributed by atoms with Gasteiger partial charge in [-0.2, -0.15) is 0 Å². The zero-order valence-electron chi connectivity index (χ0n) is 15.2. The number of sulfone groups is 1. The third-order valence-electron chi connectivity index (χ3n) is 4.77. The van der Waals surface area contributed by atoms with E-state index in [9.17, 15) is 18.0 Å². The molecule has 1 fully saturated rings. The van der Waals surface area contributed by atoms with E-state index >= 15 is 0 Å². The maximum atomic E-state index is 12.8. The van der Waals surface area contributed by atoms with Gasteiger partial charge in [-0.15, -0.1) is 0 Å². The fraction of sp³-hybridized carbons (Fsp3) is 0.556. The normalized spacial score (nSPS) is 17.9. The number of amides is 1. The number of carbonyl (C=O) groups is 2. The molecule has 1 amide bonds. The second-order valence-electron chi connectivity index (χ2n) is 6.44. The van der Waals surface area contributed by atoms with Crippen molar-refractivity contribution in [1.29, 1.82) is 0 Å². The van der Waals surface area contributed by atoms with Crippen molar-refractivity contribution in [2.24, 2.45) is 0 Å². The summed E-state index contributed by atoms with van der Waals surface area (Å²) in [5, 5.41) is 5.76. The molecule has 7 nitrogen and oxygen atoms in total. The fourth-order valence-corrected chi connectivity index (χ4v) is 4.57. The van der Waals surface area contributed by atoms with Gasteiger partial charge in [-0.05, 0) is 38.4 Å². The Hall–Kier alpha value is -1.93. The number of nitrogens with one attached hydrogen (secondary N) is 2. The molecule has 2 N–H and O–H groups in total. The molecular formula is C18H26N2O5S. The number of carbonyl (C=O) groups excluding carboxylic acids is 2. The van der Waals surface area contributed by atoms with Gasteiger partial charge in [0.15, 0.2) is 14.6 Å². The predicted octanol–water partition coefficient (Wildman–Crippen LogP) is 0.616. The molecule has 0 radical (unpaired) electrons. The lowest BCUT2D eigenvalue weighted by atomic mass is 9.94. The molecule has 0 saturated carbocycles. The minimum Gasteiger partial charge on any atom is -0.465 e. The first-order valence-corrected chi connectivity index (χ1v) is 10.6. The van der Waals surface area contributed by atoms with Crippen LogP contribution in [0.3, 0.4) is 0 Å². The van der Waals surface area contributed by atoms with Crippen LogP contribution in [0, 0.1) is 0 Å². The van der Waals surface area contributed by atoms with Crippen LogP contribution in [0.15, 0.2) is 30.3 Å². The summed E-state index contributed by atoms with van der Waals surface area (Å²) in [5.74, 6) is -1.68. The minimum atomic E-state index is -3.60. The molecule has 0 aliphatic carbocycles. The summed E-state index contributed by atoms with van der Waals surface area (Å²) in [6.45, 7) is 2.86. The van der Waals surface area contributed by atoms with Gasteiger partial charge in [0.25, 0.3) is 0 Å². The van der Waals surface area contributed by atoms with Gasteiger partial charge in [0.1, 0.15) is 0 Å². The quantitative estimate of drug-likeness (QED) is 0.670. The number of hydrogen-bond acceptors (Lipinski definition) is 6. The van der Waals surface area contributed by atoms with Crippen LogP contribution in [0.5, 0.6) is 0 Å². The Bertz CT molecular complexity index is 727. The van der Waals surface area contributed by atoms with Crippen molar-refractivity contribution in [1.82, 2.24) is 10.6 Å². The Morgan fingerprint density at radius 3 is 2.38 bits per heavy atom. The zero-order valence-corrected chi connectivity index (χ0v) is 16.0. The van der Waals surface area contributed by atoms with Gasteiger partial charge in [-0.25, -0.2) is 8.42 Å². The fourth-order valence-electron chi connectivity index (χ4n) is 3.22. The summed E-state index contributed by atoms with van der Waals surface area (Å²) in [4.78, 5) is 25.1. The highest BCUT2D eigenvalue weighted by Gasteiger charge is 2.48. The van der Waals surface area contributed by atoms with Crippen LogP contribution in [-0.2, 0) is 24.2 Å². The Labute approximate surface area is 154 Å². The molecule has 1 atom stereocenters. The van der Waals surface area contributed by atoms with E-state index in [1.807, 2.05) is 6.07 Å². The largest absolute Gasteiger partial charge is 0.465 e. The summed E-state index contributed by atoms with van der Waals surface area (Å²) in [5.41, 5.74) is 0.713. The monoisotopic (exact) mass is 382 g/mol. The summed E-state index contributed by atoms with van der Waals surface area (Å²) in [7, 11) is -3.60. The smallest absolute Gasteiger partial charge is 0.315 e. The van der Waals surface area contributed by atoms with Crippen LogP contribution in [0.2, 0.25) is 0 Å². The SMILES string of the molecule is CCOC(=O)C(CNC(=O)C1(S(C)(=O)=O)CCNCC1)c1ccccc1. The van der Waals surface area contributed by atoms with Crippen LogP contribution in [0.1, 0.15) is 31.2 Å². The van der Waals surface area contributed by atoms with Crippen molar-refractivity contribution in [3.05, 3.63) is 35.9 Å². The third-order valence-corrected chi connectivity index (χ3v) is 6.79. The number of esters is 1. The van der Waals surface area contributed by atoms with Gasteiger partial charge < -0.3 is 15.4 Å². The van der Waals surface area contributed by atoms with Crippen LogP contribution < -0.4 is 10.6 Å². The van der Waals surface area contributed by atoms with E-state index in [-0.39, 0.29) is 26.0 Å². The molecule has 8 heteroatoms. The summed E-state index contributed by atoms with van der Waals surface area (Å²) in [6.07, 6.45) is 1.53. The average molecular weight is 382 g/mol. The first-order valence-electron chi connectivity index (χ1n) is 8.72. The Kier molecular flexibility index (Phi) is 6.77. The van der Waals surface area contributed by atoms with E-state index in [4.69, 9.17) is 4.74 Å². The second-order valence-corrected chi connectivity index (χ2v) is 8.77. The van der Waals surface area contributed by atoms with Crippen molar-refractivity contribution in [2.75, 3.05) is 32.5 Å². The lowest BCUT2D eigenvalue weighted by molar-refractivity contribution is -0.144. The van der Waals surface area contributed by atoms with Gasteiger partial charge in [0.05, 0.1) is 12.5 Å². The summed E-state index contributed by atoms with van der Waals surface area (Å²) in [6, 6.07) is 9.00. The van der Waals surface area contributed by atoms with Gasteiger partial charge in [0, 0.05) is 12.8 Å². The number of ether oxygens (including phenoxy) is 1. The van der Waals surface area contributed by atoms with Gasteiger partial charge in [0.2, 0.25) is 5.91 Å². The zero-order chi connectivity index (χ0) is 19.2. The van der Waals surface area contributed by atoms with Crippen molar-refractivity contribution in [3.63, 3.8) is 0 Å². The van der Waals surface area contributed by atoms with Gasteiger partial charge >= 0.3 is 5.97 Å². The molecule has 0 aromatic heterocycles. The second kappa shape index (κ2) is 8.64. The molecule has 144 valence electrons. The molecule has 1 unspecified atom stereocenters. The molecule has 26 heavy (non-hydrogen) atoms. The molecule has 1 heterocycles. The van der Waals surface area contributed by atoms with E-state index in [1.165, 1.54) is 0 Å². The van der Waals surface area contributed by atoms with E-state index in [0.29, 0.717) is 18.7 Å². The van der Waals surface area contributed by atoms with E-state index in [0.717, 1.165) is 6.26 Å². The number of hydrogen-bond donors (Lipinski definition) is 2. The lowest BCUT2D eigenvalue weighted by Gasteiger charge is -2.34.